The van der Waals surface area contributed by atoms with Crippen molar-refractivity contribution in [3.8, 4) is 0 Å². The lowest BCUT2D eigenvalue weighted by atomic mass is 9.87. The molecule has 0 atom stereocenters. The third kappa shape index (κ3) is 1.94. The highest BCUT2D eigenvalue weighted by molar-refractivity contribution is 5.99. The van der Waals surface area contributed by atoms with E-state index in [0.29, 0.717) is 0 Å². The molecular formula is C11H13O. The number of ketones is 1. The second-order valence-corrected chi connectivity index (χ2v) is 3.87. The number of hydrogen-bond acceptors (Lipinski definition) is 1. The van der Waals surface area contributed by atoms with Gasteiger partial charge in [-0.1, -0.05) is 39.0 Å². The SMILES string of the molecule is CC(C)(C)C(=O)c1c[c]ccc1. The van der Waals surface area contributed by atoms with Crippen LogP contribution in [-0.2, 0) is 0 Å². The van der Waals surface area contributed by atoms with Crippen LogP contribution >= 0.6 is 0 Å². The zero-order valence-electron chi connectivity index (χ0n) is 7.72. The van der Waals surface area contributed by atoms with Gasteiger partial charge < -0.3 is 0 Å². The average molecular weight is 161 g/mol. The van der Waals surface area contributed by atoms with Crippen molar-refractivity contribution in [1.29, 1.82) is 0 Å². The van der Waals surface area contributed by atoms with Gasteiger partial charge in [0.2, 0.25) is 0 Å². The summed E-state index contributed by atoms with van der Waals surface area (Å²) in [6, 6.07) is 10.1. The van der Waals surface area contributed by atoms with Crippen LogP contribution in [0.3, 0.4) is 0 Å². The normalized spacial score (nSPS) is 11.2. The predicted octanol–water partition coefficient (Wildman–Crippen LogP) is 2.72. The van der Waals surface area contributed by atoms with Crippen LogP contribution < -0.4 is 0 Å². The van der Waals surface area contributed by atoms with Crippen LogP contribution in [0.1, 0.15) is 31.1 Å². The van der Waals surface area contributed by atoms with Crippen LogP contribution in [0.5, 0.6) is 0 Å². The van der Waals surface area contributed by atoms with Crippen LogP contribution in [0.4, 0.5) is 0 Å². The third-order valence-corrected chi connectivity index (χ3v) is 1.65. The Balaban J connectivity index is 2.94. The lowest BCUT2D eigenvalue weighted by molar-refractivity contribution is 0.0858. The molecule has 1 aromatic carbocycles. The van der Waals surface area contributed by atoms with Crippen molar-refractivity contribution in [2.24, 2.45) is 5.41 Å². The molecule has 0 bridgehead atoms. The highest BCUT2D eigenvalue weighted by Gasteiger charge is 2.22. The van der Waals surface area contributed by atoms with Crippen molar-refractivity contribution in [3.63, 3.8) is 0 Å². The Morgan fingerprint density at radius 2 is 2.08 bits per heavy atom. The number of hydrogen-bond donors (Lipinski definition) is 0. The molecule has 0 N–H and O–H groups in total. The van der Waals surface area contributed by atoms with E-state index in [-0.39, 0.29) is 11.2 Å². The van der Waals surface area contributed by atoms with E-state index in [1.807, 2.05) is 32.9 Å². The largest absolute Gasteiger partial charge is 0.294 e. The molecule has 1 rings (SSSR count). The first-order valence-corrected chi connectivity index (χ1v) is 4.03. The van der Waals surface area contributed by atoms with Gasteiger partial charge in [0.1, 0.15) is 0 Å². The Bertz CT molecular complexity index is 267. The standard InChI is InChI=1S/C11H13O/c1-11(2,3)10(12)9-7-5-4-6-8-9/h4-5,7-8H,1-3H3. The van der Waals surface area contributed by atoms with E-state index in [1.165, 1.54) is 0 Å². The highest BCUT2D eigenvalue weighted by atomic mass is 16.1. The van der Waals surface area contributed by atoms with Gasteiger partial charge in [-0.15, -0.1) is 0 Å². The Morgan fingerprint density at radius 1 is 1.42 bits per heavy atom. The van der Waals surface area contributed by atoms with Crippen molar-refractivity contribution >= 4 is 5.78 Å². The first-order valence-electron chi connectivity index (χ1n) is 4.03. The maximum atomic E-state index is 11.6. The van der Waals surface area contributed by atoms with Gasteiger partial charge >= 0.3 is 0 Å². The summed E-state index contributed by atoms with van der Waals surface area (Å²) in [5, 5.41) is 0. The fraction of sp³-hybridized carbons (Fsp3) is 0.364. The number of rotatable bonds is 1. The lowest BCUT2D eigenvalue weighted by Gasteiger charge is -2.15. The Labute approximate surface area is 73.4 Å². The molecule has 0 aromatic heterocycles. The number of benzene rings is 1. The molecule has 0 aliphatic heterocycles. The monoisotopic (exact) mass is 161 g/mol. The second-order valence-electron chi connectivity index (χ2n) is 3.87. The molecule has 1 radical (unpaired) electrons. The zero-order chi connectivity index (χ0) is 9.19. The van der Waals surface area contributed by atoms with E-state index in [2.05, 4.69) is 6.07 Å². The smallest absolute Gasteiger partial charge is 0.168 e. The number of carbonyl (C=O) groups is 1. The molecule has 0 saturated heterocycles. The maximum absolute atomic E-state index is 11.6. The van der Waals surface area contributed by atoms with Crippen molar-refractivity contribution < 1.29 is 4.79 Å². The van der Waals surface area contributed by atoms with Crippen molar-refractivity contribution in [2.75, 3.05) is 0 Å². The van der Waals surface area contributed by atoms with Crippen molar-refractivity contribution in [1.82, 2.24) is 0 Å². The van der Waals surface area contributed by atoms with Gasteiger partial charge in [0.05, 0.1) is 0 Å². The summed E-state index contributed by atoms with van der Waals surface area (Å²) in [6.45, 7) is 5.76. The Hall–Kier alpha value is -1.11. The Kier molecular flexibility index (Phi) is 2.32. The molecule has 0 aliphatic carbocycles. The quantitative estimate of drug-likeness (QED) is 0.579. The minimum atomic E-state index is -0.296. The summed E-state index contributed by atoms with van der Waals surface area (Å²) < 4.78 is 0. The Morgan fingerprint density at radius 3 is 2.50 bits per heavy atom. The van der Waals surface area contributed by atoms with Crippen LogP contribution in [0.15, 0.2) is 24.3 Å². The summed E-state index contributed by atoms with van der Waals surface area (Å²) in [4.78, 5) is 11.6. The van der Waals surface area contributed by atoms with E-state index in [9.17, 15) is 4.79 Å². The fourth-order valence-electron chi connectivity index (χ4n) is 0.968. The van der Waals surface area contributed by atoms with Crippen LogP contribution in [0.2, 0.25) is 0 Å². The molecule has 0 heterocycles. The molecule has 12 heavy (non-hydrogen) atoms. The van der Waals surface area contributed by atoms with Gasteiger partial charge in [0.25, 0.3) is 0 Å². The molecule has 1 nitrogen and oxygen atoms in total. The van der Waals surface area contributed by atoms with E-state index in [0.717, 1.165) is 5.56 Å². The van der Waals surface area contributed by atoms with Gasteiger partial charge in [0, 0.05) is 11.0 Å². The molecule has 0 aliphatic rings. The summed E-state index contributed by atoms with van der Waals surface area (Å²) in [7, 11) is 0. The van der Waals surface area contributed by atoms with E-state index in [1.54, 1.807) is 12.1 Å². The first kappa shape index (κ1) is 8.98. The summed E-state index contributed by atoms with van der Waals surface area (Å²) >= 11 is 0. The third-order valence-electron chi connectivity index (χ3n) is 1.65. The highest BCUT2D eigenvalue weighted by Crippen LogP contribution is 2.19. The van der Waals surface area contributed by atoms with Gasteiger partial charge in [0.15, 0.2) is 5.78 Å². The fourth-order valence-corrected chi connectivity index (χ4v) is 0.968. The van der Waals surface area contributed by atoms with Crippen LogP contribution in [0, 0.1) is 11.5 Å². The number of carbonyl (C=O) groups excluding carboxylic acids is 1. The van der Waals surface area contributed by atoms with Crippen molar-refractivity contribution in [2.45, 2.75) is 20.8 Å². The maximum Gasteiger partial charge on any atom is 0.168 e. The molecular weight excluding hydrogens is 148 g/mol. The van der Waals surface area contributed by atoms with Crippen LogP contribution in [0.25, 0.3) is 0 Å². The molecule has 0 amide bonds. The second kappa shape index (κ2) is 3.10. The minimum Gasteiger partial charge on any atom is -0.294 e. The molecule has 0 unspecified atom stereocenters. The minimum absolute atomic E-state index is 0.166. The number of Topliss-reactive ketones (excluding diaryl/α,β-unsaturated/α-hetero) is 1. The van der Waals surface area contributed by atoms with E-state index in [4.69, 9.17) is 0 Å². The van der Waals surface area contributed by atoms with Gasteiger partial charge in [-0.25, -0.2) is 0 Å². The van der Waals surface area contributed by atoms with Crippen molar-refractivity contribution in [3.05, 3.63) is 35.9 Å². The van der Waals surface area contributed by atoms with E-state index < -0.39 is 0 Å². The molecule has 0 fully saturated rings. The molecule has 1 aromatic rings. The molecule has 0 saturated carbocycles. The average Bonchev–Trinajstić information content (AvgIpc) is 2.03. The first-order chi connectivity index (χ1) is 5.52. The predicted molar refractivity (Wildman–Crippen MR) is 49.1 cm³/mol. The van der Waals surface area contributed by atoms with E-state index >= 15 is 0 Å². The summed E-state index contributed by atoms with van der Waals surface area (Å²) in [5.41, 5.74) is 0.444. The van der Waals surface area contributed by atoms with Gasteiger partial charge in [-0.05, 0) is 12.1 Å². The summed E-state index contributed by atoms with van der Waals surface area (Å²) in [6.07, 6.45) is 0. The van der Waals surface area contributed by atoms with Gasteiger partial charge in [-0.2, -0.15) is 0 Å². The molecule has 1 heteroatoms. The molecule has 63 valence electrons. The summed E-state index contributed by atoms with van der Waals surface area (Å²) in [5.74, 6) is 0.166. The lowest BCUT2D eigenvalue weighted by Crippen LogP contribution is -2.19. The van der Waals surface area contributed by atoms with Crippen LogP contribution in [-0.4, -0.2) is 5.78 Å². The molecule has 0 spiro atoms. The topological polar surface area (TPSA) is 17.1 Å². The van der Waals surface area contributed by atoms with Gasteiger partial charge in [-0.3, -0.25) is 4.79 Å². The zero-order valence-corrected chi connectivity index (χ0v) is 7.72.